The van der Waals surface area contributed by atoms with Crippen molar-refractivity contribution < 1.29 is 27.7 Å². The van der Waals surface area contributed by atoms with Crippen molar-refractivity contribution in [2.75, 3.05) is 27.4 Å². The number of ether oxygens (including phenoxy) is 3. The van der Waals surface area contributed by atoms with Crippen LogP contribution in [0.5, 0.6) is 17.2 Å². The van der Waals surface area contributed by atoms with E-state index in [0.29, 0.717) is 30.2 Å². The molecule has 2 unspecified atom stereocenters. The number of aliphatic hydroxyl groups is 1. The quantitative estimate of drug-likeness (QED) is 0.507. The molecule has 8 nitrogen and oxygen atoms in total. The van der Waals surface area contributed by atoms with Gasteiger partial charge >= 0.3 is 0 Å². The average Bonchev–Trinajstić information content (AvgIpc) is 2.69. The molecule has 28 heavy (non-hydrogen) atoms. The molecule has 0 aliphatic rings. The van der Waals surface area contributed by atoms with Crippen LogP contribution in [-0.4, -0.2) is 46.9 Å². The van der Waals surface area contributed by atoms with Crippen LogP contribution in [0.15, 0.2) is 47.4 Å². The van der Waals surface area contributed by atoms with E-state index in [1.807, 2.05) is 24.3 Å². The molecular weight excluding hydrogens is 384 g/mol. The molecule has 0 saturated carbocycles. The molecule has 154 valence electrons. The van der Waals surface area contributed by atoms with Crippen LogP contribution in [0.4, 0.5) is 0 Å². The molecular formula is C19H26N2O6S. The third kappa shape index (κ3) is 5.59. The molecule has 0 heterocycles. The summed E-state index contributed by atoms with van der Waals surface area (Å²) in [5.74, 6) is 1.40. The normalized spacial score (nSPS) is 13.6. The van der Waals surface area contributed by atoms with Gasteiger partial charge in [0.1, 0.15) is 17.3 Å². The molecule has 4 N–H and O–H groups in total. The van der Waals surface area contributed by atoms with E-state index in [1.165, 1.54) is 19.2 Å². The van der Waals surface area contributed by atoms with Crippen LogP contribution in [0.2, 0.25) is 0 Å². The second-order valence-electron chi connectivity index (χ2n) is 6.14. The van der Waals surface area contributed by atoms with Crippen LogP contribution in [0.25, 0.3) is 0 Å². The Balaban J connectivity index is 1.96. The Morgan fingerprint density at radius 1 is 1.07 bits per heavy atom. The molecule has 0 aromatic heterocycles. The zero-order valence-corrected chi connectivity index (χ0v) is 16.9. The fourth-order valence-electron chi connectivity index (χ4n) is 2.69. The first-order valence-electron chi connectivity index (χ1n) is 8.66. The first kappa shape index (κ1) is 22.0. The Hall–Kier alpha value is -2.33. The molecule has 0 radical (unpaired) electrons. The minimum absolute atomic E-state index is 0.129. The number of primary sulfonamides is 1. The van der Waals surface area contributed by atoms with Crippen molar-refractivity contribution in [2.45, 2.75) is 24.0 Å². The molecule has 2 rings (SSSR count). The number of para-hydroxylation sites is 2. The van der Waals surface area contributed by atoms with E-state index < -0.39 is 16.1 Å². The Kier molecular flexibility index (Phi) is 7.64. The van der Waals surface area contributed by atoms with E-state index in [-0.39, 0.29) is 16.7 Å². The van der Waals surface area contributed by atoms with Gasteiger partial charge in [-0.25, -0.2) is 13.6 Å². The first-order chi connectivity index (χ1) is 13.3. The van der Waals surface area contributed by atoms with Gasteiger partial charge in [-0.15, -0.1) is 0 Å². The number of rotatable bonds is 10. The zero-order chi connectivity index (χ0) is 20.7. The van der Waals surface area contributed by atoms with Gasteiger partial charge in [0.15, 0.2) is 11.5 Å². The van der Waals surface area contributed by atoms with Gasteiger partial charge in [0.05, 0.1) is 20.3 Å². The van der Waals surface area contributed by atoms with Gasteiger partial charge in [-0.2, -0.15) is 0 Å². The Morgan fingerprint density at radius 2 is 1.71 bits per heavy atom. The SMILES string of the molecule is COc1ccccc1OCCNC(C)C(O)c1ccc(OC)c(S(N)(=O)=O)c1. The largest absolute Gasteiger partial charge is 0.495 e. The van der Waals surface area contributed by atoms with Crippen LogP contribution < -0.4 is 24.7 Å². The Labute approximate surface area is 165 Å². The molecule has 0 amide bonds. The third-order valence-corrected chi connectivity index (χ3v) is 5.14. The first-order valence-corrected chi connectivity index (χ1v) is 10.2. The Bertz CT molecular complexity index is 888. The maximum Gasteiger partial charge on any atom is 0.241 e. The van der Waals surface area contributed by atoms with E-state index in [4.69, 9.17) is 19.3 Å². The van der Waals surface area contributed by atoms with Gasteiger partial charge in [0.25, 0.3) is 0 Å². The van der Waals surface area contributed by atoms with Gasteiger partial charge in [0.2, 0.25) is 10.0 Å². The number of aliphatic hydroxyl groups excluding tert-OH is 1. The van der Waals surface area contributed by atoms with Crippen molar-refractivity contribution in [2.24, 2.45) is 5.14 Å². The molecule has 0 fully saturated rings. The monoisotopic (exact) mass is 410 g/mol. The van der Waals surface area contributed by atoms with E-state index in [2.05, 4.69) is 5.32 Å². The summed E-state index contributed by atoms with van der Waals surface area (Å²) in [6.07, 6.45) is -0.947. The lowest BCUT2D eigenvalue weighted by Gasteiger charge is -2.22. The minimum Gasteiger partial charge on any atom is -0.495 e. The number of nitrogens with one attached hydrogen (secondary N) is 1. The van der Waals surface area contributed by atoms with E-state index in [0.717, 1.165) is 0 Å². The molecule has 9 heteroatoms. The standard InChI is InChI=1S/C19H26N2O6S/c1-13(21-10-11-27-16-7-5-4-6-15(16)25-2)19(22)14-8-9-17(26-3)18(12-14)28(20,23)24/h4-9,12-13,19,21-22H,10-11H2,1-3H3,(H2,20,23,24). The summed E-state index contributed by atoms with van der Waals surface area (Å²) in [4.78, 5) is -0.168. The average molecular weight is 410 g/mol. The maximum absolute atomic E-state index is 11.7. The maximum atomic E-state index is 11.7. The van der Waals surface area contributed by atoms with Gasteiger partial charge < -0.3 is 24.6 Å². The molecule has 0 aliphatic heterocycles. The molecule has 2 aromatic carbocycles. The summed E-state index contributed by atoms with van der Waals surface area (Å²) in [6.45, 7) is 2.62. The van der Waals surface area contributed by atoms with Crippen molar-refractivity contribution in [1.29, 1.82) is 0 Å². The highest BCUT2D eigenvalue weighted by Gasteiger charge is 2.21. The summed E-state index contributed by atoms with van der Waals surface area (Å²) < 4.78 is 39.4. The predicted octanol–water partition coefficient (Wildman–Crippen LogP) is 1.44. The van der Waals surface area contributed by atoms with Crippen molar-refractivity contribution >= 4 is 10.0 Å². The van der Waals surface area contributed by atoms with Crippen molar-refractivity contribution in [3.63, 3.8) is 0 Å². The van der Waals surface area contributed by atoms with Crippen molar-refractivity contribution in [3.05, 3.63) is 48.0 Å². The van der Waals surface area contributed by atoms with Crippen LogP contribution in [0.1, 0.15) is 18.6 Å². The predicted molar refractivity (Wildman–Crippen MR) is 105 cm³/mol. The van der Waals surface area contributed by atoms with Crippen LogP contribution >= 0.6 is 0 Å². The van der Waals surface area contributed by atoms with Gasteiger partial charge in [0, 0.05) is 12.6 Å². The summed E-state index contributed by atoms with van der Waals surface area (Å²) in [7, 11) is -1.05. The van der Waals surface area contributed by atoms with Gasteiger partial charge in [-0.1, -0.05) is 18.2 Å². The van der Waals surface area contributed by atoms with E-state index in [9.17, 15) is 13.5 Å². The lowest BCUT2D eigenvalue weighted by molar-refractivity contribution is 0.132. The molecule has 0 bridgehead atoms. The highest BCUT2D eigenvalue weighted by molar-refractivity contribution is 7.89. The smallest absolute Gasteiger partial charge is 0.241 e. The number of sulfonamides is 1. The lowest BCUT2D eigenvalue weighted by atomic mass is 10.0. The van der Waals surface area contributed by atoms with Crippen molar-refractivity contribution in [1.82, 2.24) is 5.32 Å². The van der Waals surface area contributed by atoms with Gasteiger partial charge in [-0.3, -0.25) is 0 Å². The van der Waals surface area contributed by atoms with Crippen LogP contribution in [0, 0.1) is 0 Å². The van der Waals surface area contributed by atoms with Crippen LogP contribution in [0.3, 0.4) is 0 Å². The third-order valence-electron chi connectivity index (χ3n) is 4.20. The van der Waals surface area contributed by atoms with Gasteiger partial charge in [-0.05, 0) is 36.8 Å². The zero-order valence-electron chi connectivity index (χ0n) is 16.1. The lowest BCUT2D eigenvalue weighted by Crippen LogP contribution is -2.35. The minimum atomic E-state index is -3.97. The fraction of sp³-hybridized carbons (Fsp3) is 0.368. The topological polar surface area (TPSA) is 120 Å². The highest BCUT2D eigenvalue weighted by Crippen LogP contribution is 2.28. The molecule has 2 aromatic rings. The summed E-state index contributed by atoms with van der Waals surface area (Å²) in [5.41, 5.74) is 0.412. The van der Waals surface area contributed by atoms with Crippen LogP contribution in [-0.2, 0) is 10.0 Å². The Morgan fingerprint density at radius 3 is 2.32 bits per heavy atom. The highest BCUT2D eigenvalue weighted by atomic mass is 32.2. The van der Waals surface area contributed by atoms with Crippen molar-refractivity contribution in [3.8, 4) is 17.2 Å². The molecule has 0 saturated heterocycles. The number of hydrogen-bond acceptors (Lipinski definition) is 7. The summed E-state index contributed by atoms with van der Waals surface area (Å²) in [5, 5.41) is 18.9. The number of benzene rings is 2. The molecule has 0 aliphatic carbocycles. The number of methoxy groups -OCH3 is 2. The second kappa shape index (κ2) is 9.74. The van der Waals surface area contributed by atoms with E-state index >= 15 is 0 Å². The number of nitrogens with two attached hydrogens (primary N) is 1. The number of hydrogen-bond donors (Lipinski definition) is 3. The fourth-order valence-corrected chi connectivity index (χ4v) is 3.42. The molecule has 0 spiro atoms. The summed E-state index contributed by atoms with van der Waals surface area (Å²) in [6, 6.07) is 11.4. The second-order valence-corrected chi connectivity index (χ2v) is 7.67. The molecule has 2 atom stereocenters. The van der Waals surface area contributed by atoms with E-state index in [1.54, 1.807) is 20.1 Å². The summed E-state index contributed by atoms with van der Waals surface area (Å²) >= 11 is 0.